The minimum atomic E-state index is -5.00. The van der Waals surface area contributed by atoms with Gasteiger partial charge in [-0.1, -0.05) is 0 Å². The Balaban J connectivity index is 2.02. The Morgan fingerprint density at radius 1 is 1.09 bits per heavy atom. The van der Waals surface area contributed by atoms with Gasteiger partial charge in [0.2, 0.25) is 5.92 Å². The van der Waals surface area contributed by atoms with Crippen molar-refractivity contribution >= 4 is 0 Å². The average Bonchev–Trinajstić information content (AvgIpc) is 2.86. The molecule has 1 heterocycles. The Hall–Kier alpha value is -1.32. The highest BCUT2D eigenvalue weighted by atomic mass is 19.4. The van der Waals surface area contributed by atoms with Crippen LogP contribution in [0, 0.1) is 0 Å². The van der Waals surface area contributed by atoms with Gasteiger partial charge < -0.3 is 5.11 Å². The summed E-state index contributed by atoms with van der Waals surface area (Å²) in [5.74, 6) is -6.63. The molecule has 23 heavy (non-hydrogen) atoms. The molecule has 1 saturated carbocycles. The third-order valence-electron chi connectivity index (χ3n) is 4.43. The summed E-state index contributed by atoms with van der Waals surface area (Å²) in [6, 6.07) is -0.805. The van der Waals surface area contributed by atoms with E-state index in [0.29, 0.717) is 0 Å². The Morgan fingerprint density at radius 3 is 2.17 bits per heavy atom. The van der Waals surface area contributed by atoms with E-state index < -0.39 is 66.4 Å². The van der Waals surface area contributed by atoms with Gasteiger partial charge in [-0.05, 0) is 12.8 Å². The molecule has 1 fully saturated rings. The van der Waals surface area contributed by atoms with E-state index in [1.54, 1.807) is 0 Å². The van der Waals surface area contributed by atoms with Crippen molar-refractivity contribution in [2.75, 3.05) is 0 Å². The van der Waals surface area contributed by atoms with Gasteiger partial charge in [0.05, 0.1) is 18.2 Å². The molecule has 0 bridgehead atoms. The Morgan fingerprint density at radius 2 is 1.65 bits per heavy atom. The summed E-state index contributed by atoms with van der Waals surface area (Å²) in [7, 11) is 0. The smallest absolute Gasteiger partial charge is 0.382 e. The van der Waals surface area contributed by atoms with E-state index >= 15 is 0 Å². The van der Waals surface area contributed by atoms with Crippen molar-refractivity contribution < 1.29 is 35.8 Å². The molecule has 0 amide bonds. The summed E-state index contributed by atoms with van der Waals surface area (Å²) in [5.41, 5.74) is -2.90. The zero-order chi connectivity index (χ0) is 17.2. The predicted octanol–water partition coefficient (Wildman–Crippen LogP) is 3.88. The molecule has 1 atom stereocenters. The molecule has 0 spiro atoms. The van der Waals surface area contributed by atoms with E-state index in [1.165, 1.54) is 0 Å². The number of hydrogen-bond donors (Lipinski definition) is 1. The molecule has 0 aliphatic heterocycles. The molecule has 1 aromatic heterocycles. The van der Waals surface area contributed by atoms with E-state index in [4.69, 9.17) is 0 Å². The van der Waals surface area contributed by atoms with Crippen LogP contribution in [0.4, 0.5) is 30.7 Å². The summed E-state index contributed by atoms with van der Waals surface area (Å²) in [4.78, 5) is 0. The van der Waals surface area contributed by atoms with Crippen molar-refractivity contribution in [3.05, 3.63) is 17.0 Å². The molecular weight excluding hydrogens is 333 g/mol. The lowest BCUT2D eigenvalue weighted by Gasteiger charge is -2.29. The maximum atomic E-state index is 13.6. The molecule has 1 N–H and O–H groups in total. The van der Waals surface area contributed by atoms with Gasteiger partial charge in [-0.3, -0.25) is 4.68 Å². The van der Waals surface area contributed by atoms with E-state index in [1.807, 2.05) is 0 Å². The number of aliphatic hydroxyl groups is 1. The molecule has 2 aliphatic rings. The number of halogens is 7. The van der Waals surface area contributed by atoms with Gasteiger partial charge in [0.15, 0.2) is 5.69 Å². The number of hydrogen-bond acceptors (Lipinski definition) is 2. The van der Waals surface area contributed by atoms with Crippen LogP contribution in [-0.2, 0) is 12.6 Å². The summed E-state index contributed by atoms with van der Waals surface area (Å²) < 4.78 is 93.4. The van der Waals surface area contributed by atoms with Gasteiger partial charge in [0.25, 0.3) is 5.92 Å². The first-order valence-corrected chi connectivity index (χ1v) is 7.04. The van der Waals surface area contributed by atoms with Crippen LogP contribution in [0.3, 0.4) is 0 Å². The summed E-state index contributed by atoms with van der Waals surface area (Å²) in [5, 5.41) is 12.9. The maximum absolute atomic E-state index is 13.6. The molecule has 1 unspecified atom stereocenters. The second-order valence-corrected chi connectivity index (χ2v) is 6.08. The lowest BCUT2D eigenvalue weighted by Crippen LogP contribution is -2.29. The van der Waals surface area contributed by atoms with Crippen molar-refractivity contribution in [2.45, 2.75) is 62.3 Å². The highest BCUT2D eigenvalue weighted by molar-refractivity contribution is 5.38. The quantitative estimate of drug-likeness (QED) is 0.784. The fourth-order valence-electron chi connectivity index (χ4n) is 3.26. The number of aromatic nitrogens is 2. The number of alkyl halides is 7. The van der Waals surface area contributed by atoms with Crippen molar-refractivity contribution in [3.63, 3.8) is 0 Å². The molecule has 0 aromatic carbocycles. The van der Waals surface area contributed by atoms with Crippen LogP contribution >= 0.6 is 0 Å². The van der Waals surface area contributed by atoms with Crippen LogP contribution < -0.4 is 0 Å². The Labute approximate surface area is 126 Å². The molecule has 130 valence electrons. The van der Waals surface area contributed by atoms with Gasteiger partial charge in [-0.2, -0.15) is 18.3 Å². The number of rotatable bonds is 1. The van der Waals surface area contributed by atoms with E-state index in [2.05, 4.69) is 5.10 Å². The van der Waals surface area contributed by atoms with Crippen molar-refractivity contribution in [3.8, 4) is 0 Å². The second kappa shape index (κ2) is 4.84. The van der Waals surface area contributed by atoms with Crippen LogP contribution in [0.15, 0.2) is 0 Å². The lowest BCUT2D eigenvalue weighted by atomic mass is 9.92. The summed E-state index contributed by atoms with van der Waals surface area (Å²) in [6.07, 6.45) is -10.1. The minimum Gasteiger partial charge on any atom is -0.382 e. The molecule has 3 rings (SSSR count). The lowest BCUT2D eigenvalue weighted by molar-refractivity contribution is -0.146. The topological polar surface area (TPSA) is 38.1 Å². The first-order valence-electron chi connectivity index (χ1n) is 7.04. The number of nitrogens with zero attached hydrogens (tertiary/aromatic N) is 2. The summed E-state index contributed by atoms with van der Waals surface area (Å²) in [6.45, 7) is 0. The Bertz CT molecular complexity index is 613. The van der Waals surface area contributed by atoms with Gasteiger partial charge in [0.1, 0.15) is 6.10 Å². The van der Waals surface area contributed by atoms with E-state index in [0.717, 1.165) is 4.68 Å². The molecule has 0 radical (unpaired) electrons. The fourth-order valence-corrected chi connectivity index (χ4v) is 3.26. The standard InChI is InChI=1S/C13H13F7N2O/c14-11(15)3-1-6(2-4-11)22-7-5-12(16,17)10(23)8(7)9(21-22)13(18,19)20/h6,10,23H,1-5H2. The van der Waals surface area contributed by atoms with Crippen LogP contribution in [0.5, 0.6) is 0 Å². The predicted molar refractivity (Wildman–Crippen MR) is 63.3 cm³/mol. The molecule has 3 nitrogen and oxygen atoms in total. The maximum Gasteiger partial charge on any atom is 0.435 e. The van der Waals surface area contributed by atoms with Crippen molar-refractivity contribution in [2.24, 2.45) is 0 Å². The molecule has 0 saturated heterocycles. The highest BCUT2D eigenvalue weighted by Gasteiger charge is 2.55. The number of fused-ring (bicyclic) bond motifs is 1. The van der Waals surface area contributed by atoms with Crippen LogP contribution in [-0.4, -0.2) is 26.7 Å². The highest BCUT2D eigenvalue weighted by Crippen LogP contribution is 2.50. The SMILES string of the molecule is OC1c2c(C(F)(F)F)nn(C3CCC(F)(F)CC3)c2CC1(F)F. The molecule has 10 heteroatoms. The van der Waals surface area contributed by atoms with Crippen LogP contribution in [0.25, 0.3) is 0 Å². The van der Waals surface area contributed by atoms with Crippen molar-refractivity contribution in [1.29, 1.82) is 0 Å². The largest absolute Gasteiger partial charge is 0.435 e. The zero-order valence-electron chi connectivity index (χ0n) is 11.7. The third kappa shape index (κ3) is 2.70. The normalized spacial score (nSPS) is 27.2. The first-order chi connectivity index (χ1) is 10.4. The Kier molecular flexibility index (Phi) is 3.48. The van der Waals surface area contributed by atoms with Crippen LogP contribution in [0.1, 0.15) is 54.8 Å². The van der Waals surface area contributed by atoms with Crippen LogP contribution in [0.2, 0.25) is 0 Å². The molecule has 1 aromatic rings. The number of aliphatic hydroxyl groups excluding tert-OH is 1. The fraction of sp³-hybridized carbons (Fsp3) is 0.769. The molecule has 2 aliphatic carbocycles. The average molecular weight is 346 g/mol. The first kappa shape index (κ1) is 16.5. The monoisotopic (exact) mass is 346 g/mol. The minimum absolute atomic E-state index is 0.153. The van der Waals surface area contributed by atoms with Gasteiger partial charge in [-0.25, -0.2) is 17.6 Å². The zero-order valence-corrected chi connectivity index (χ0v) is 11.7. The van der Waals surface area contributed by atoms with E-state index in [9.17, 15) is 35.8 Å². The van der Waals surface area contributed by atoms with E-state index in [-0.39, 0.29) is 12.8 Å². The van der Waals surface area contributed by atoms with Crippen molar-refractivity contribution in [1.82, 2.24) is 9.78 Å². The van der Waals surface area contributed by atoms with Gasteiger partial charge in [0, 0.05) is 18.4 Å². The third-order valence-corrected chi connectivity index (χ3v) is 4.43. The van der Waals surface area contributed by atoms with Gasteiger partial charge >= 0.3 is 6.18 Å². The molecular formula is C13H13F7N2O. The second-order valence-electron chi connectivity index (χ2n) is 6.08. The van der Waals surface area contributed by atoms with Gasteiger partial charge in [-0.15, -0.1) is 0 Å². The summed E-state index contributed by atoms with van der Waals surface area (Å²) >= 11 is 0.